The number of hydrogen-bond donors (Lipinski definition) is 2. The highest BCUT2D eigenvalue weighted by Crippen LogP contribution is 2.49. The van der Waals surface area contributed by atoms with Crippen molar-refractivity contribution in [3.63, 3.8) is 0 Å². The molecule has 0 radical (unpaired) electrons. The van der Waals surface area contributed by atoms with Crippen molar-refractivity contribution in [2.75, 3.05) is 26.2 Å². The summed E-state index contributed by atoms with van der Waals surface area (Å²) in [6, 6.07) is 11.3. The second kappa shape index (κ2) is 9.08. The maximum atomic E-state index is 12.6. The summed E-state index contributed by atoms with van der Waals surface area (Å²) in [5.74, 6) is -0.294. The monoisotopic (exact) mass is 445 g/mol. The number of carbonyl (C=O) groups is 2. The van der Waals surface area contributed by atoms with Gasteiger partial charge in [-0.15, -0.1) is 11.3 Å². The molecule has 1 atom stereocenters. The lowest BCUT2D eigenvalue weighted by molar-refractivity contribution is 0.0914. The predicted molar refractivity (Wildman–Crippen MR) is 122 cm³/mol. The molecule has 2 aromatic rings. The maximum Gasteiger partial charge on any atom is 0.261 e. The number of halogens is 1. The third-order valence-electron chi connectivity index (χ3n) is 6.08. The van der Waals surface area contributed by atoms with Gasteiger partial charge in [-0.2, -0.15) is 0 Å². The minimum Gasteiger partial charge on any atom is -0.349 e. The van der Waals surface area contributed by atoms with Crippen LogP contribution in [0, 0.1) is 0 Å². The van der Waals surface area contributed by atoms with Crippen LogP contribution in [0.3, 0.4) is 0 Å². The Bertz CT molecular complexity index is 901. The number of hydrogen-bond acceptors (Lipinski definition) is 4. The molecular formula is C23H28ClN3O2S. The van der Waals surface area contributed by atoms with Crippen molar-refractivity contribution in [1.82, 2.24) is 15.5 Å². The molecule has 1 saturated heterocycles. The molecule has 5 nitrogen and oxygen atoms in total. The molecule has 1 unspecified atom stereocenters. The Morgan fingerprint density at radius 2 is 1.80 bits per heavy atom. The van der Waals surface area contributed by atoms with Gasteiger partial charge in [-0.3, -0.25) is 9.59 Å². The van der Waals surface area contributed by atoms with Gasteiger partial charge < -0.3 is 15.5 Å². The minimum absolute atomic E-state index is 0.119. The first-order valence-corrected chi connectivity index (χ1v) is 11.8. The SMILES string of the molecule is CC(CNC(=O)c1ccc(Cl)s1)NC(=O)c1ccc(C2(CN3CCCC3)CC2)cc1. The van der Waals surface area contributed by atoms with Gasteiger partial charge in [0.1, 0.15) is 0 Å². The first kappa shape index (κ1) is 21.3. The van der Waals surface area contributed by atoms with Crippen LogP contribution in [-0.4, -0.2) is 48.9 Å². The van der Waals surface area contributed by atoms with E-state index in [9.17, 15) is 9.59 Å². The summed E-state index contributed by atoms with van der Waals surface area (Å²) < 4.78 is 0.582. The Hall–Kier alpha value is -1.89. The smallest absolute Gasteiger partial charge is 0.261 e. The number of nitrogens with one attached hydrogen (secondary N) is 2. The molecular weight excluding hydrogens is 418 g/mol. The van der Waals surface area contributed by atoms with E-state index in [0.29, 0.717) is 26.7 Å². The third-order valence-corrected chi connectivity index (χ3v) is 7.31. The van der Waals surface area contributed by atoms with Crippen molar-refractivity contribution in [2.24, 2.45) is 0 Å². The highest BCUT2D eigenvalue weighted by atomic mass is 35.5. The van der Waals surface area contributed by atoms with Gasteiger partial charge in [0, 0.05) is 30.1 Å². The molecule has 2 heterocycles. The van der Waals surface area contributed by atoms with E-state index in [2.05, 4.69) is 27.7 Å². The Balaban J connectivity index is 1.27. The zero-order valence-electron chi connectivity index (χ0n) is 17.2. The molecule has 1 saturated carbocycles. The standard InChI is InChI=1S/C23H28ClN3O2S/c1-16(14-25-22(29)19-8-9-20(24)30-19)26-21(28)17-4-6-18(7-5-17)23(10-11-23)15-27-12-2-3-13-27/h4-9,16H,2-3,10-15H2,1H3,(H,25,29)(H,26,28). The molecule has 0 spiro atoms. The molecule has 0 bridgehead atoms. The lowest BCUT2D eigenvalue weighted by atomic mass is 9.94. The summed E-state index contributed by atoms with van der Waals surface area (Å²) in [4.78, 5) is 27.8. The number of nitrogens with zero attached hydrogens (tertiary/aromatic N) is 1. The maximum absolute atomic E-state index is 12.6. The van der Waals surface area contributed by atoms with Crippen LogP contribution in [0.25, 0.3) is 0 Å². The Morgan fingerprint density at radius 1 is 1.10 bits per heavy atom. The van der Waals surface area contributed by atoms with E-state index in [4.69, 9.17) is 11.6 Å². The zero-order valence-corrected chi connectivity index (χ0v) is 18.8. The number of likely N-dealkylation sites (tertiary alicyclic amines) is 1. The summed E-state index contributed by atoms with van der Waals surface area (Å²) in [7, 11) is 0. The third kappa shape index (κ3) is 5.05. The van der Waals surface area contributed by atoms with Gasteiger partial charge in [-0.1, -0.05) is 23.7 Å². The zero-order chi connectivity index (χ0) is 21.1. The van der Waals surface area contributed by atoms with Gasteiger partial charge in [0.25, 0.3) is 11.8 Å². The van der Waals surface area contributed by atoms with Gasteiger partial charge in [0.05, 0.1) is 9.21 Å². The van der Waals surface area contributed by atoms with Crippen molar-refractivity contribution in [2.45, 2.75) is 44.1 Å². The molecule has 2 amide bonds. The first-order valence-electron chi connectivity index (χ1n) is 10.6. The Kier molecular flexibility index (Phi) is 6.46. The second-order valence-corrected chi connectivity index (χ2v) is 10.2. The lowest BCUT2D eigenvalue weighted by Gasteiger charge is -2.23. The van der Waals surface area contributed by atoms with E-state index < -0.39 is 0 Å². The van der Waals surface area contributed by atoms with Crippen molar-refractivity contribution in [3.05, 3.63) is 56.7 Å². The molecule has 2 N–H and O–H groups in total. The van der Waals surface area contributed by atoms with Crippen LogP contribution >= 0.6 is 22.9 Å². The predicted octanol–water partition coefficient (Wildman–Crippen LogP) is 4.08. The van der Waals surface area contributed by atoms with Crippen LogP contribution in [0.15, 0.2) is 36.4 Å². The molecule has 1 aliphatic carbocycles. The summed E-state index contributed by atoms with van der Waals surface area (Å²) in [5, 5.41) is 5.79. The summed E-state index contributed by atoms with van der Waals surface area (Å²) in [6.07, 6.45) is 5.10. The summed E-state index contributed by atoms with van der Waals surface area (Å²) in [6.45, 7) is 5.82. The lowest BCUT2D eigenvalue weighted by Crippen LogP contribution is -2.41. The van der Waals surface area contributed by atoms with E-state index >= 15 is 0 Å². The summed E-state index contributed by atoms with van der Waals surface area (Å²) >= 11 is 7.11. The molecule has 160 valence electrons. The molecule has 1 aromatic heterocycles. The number of rotatable bonds is 8. The second-order valence-electron chi connectivity index (χ2n) is 8.53. The van der Waals surface area contributed by atoms with Crippen LogP contribution < -0.4 is 10.6 Å². The number of carbonyl (C=O) groups excluding carboxylic acids is 2. The normalized spacial score (nSPS) is 18.7. The van der Waals surface area contributed by atoms with E-state index in [1.165, 1.54) is 55.7 Å². The van der Waals surface area contributed by atoms with Crippen LogP contribution in [0.5, 0.6) is 0 Å². The summed E-state index contributed by atoms with van der Waals surface area (Å²) in [5.41, 5.74) is 2.29. The fraction of sp³-hybridized carbons (Fsp3) is 0.478. The fourth-order valence-electron chi connectivity index (χ4n) is 4.16. The Labute approximate surface area is 186 Å². The highest BCUT2D eigenvalue weighted by molar-refractivity contribution is 7.17. The molecule has 4 rings (SSSR count). The molecule has 30 heavy (non-hydrogen) atoms. The van der Waals surface area contributed by atoms with E-state index in [1.807, 2.05) is 19.1 Å². The van der Waals surface area contributed by atoms with E-state index in [0.717, 1.165) is 6.54 Å². The first-order chi connectivity index (χ1) is 14.4. The largest absolute Gasteiger partial charge is 0.349 e. The highest BCUT2D eigenvalue weighted by Gasteiger charge is 2.45. The molecule has 1 aromatic carbocycles. The molecule has 7 heteroatoms. The van der Waals surface area contributed by atoms with Gasteiger partial charge >= 0.3 is 0 Å². The average Bonchev–Trinajstić information content (AvgIpc) is 3.11. The van der Waals surface area contributed by atoms with E-state index in [1.54, 1.807) is 12.1 Å². The Morgan fingerprint density at radius 3 is 2.40 bits per heavy atom. The molecule has 2 aliphatic rings. The topological polar surface area (TPSA) is 61.4 Å². The average molecular weight is 446 g/mol. The van der Waals surface area contributed by atoms with Crippen molar-refractivity contribution in [1.29, 1.82) is 0 Å². The van der Waals surface area contributed by atoms with Crippen molar-refractivity contribution < 1.29 is 9.59 Å². The van der Waals surface area contributed by atoms with Crippen LogP contribution in [-0.2, 0) is 5.41 Å². The van der Waals surface area contributed by atoms with Gasteiger partial charge in [0.2, 0.25) is 0 Å². The minimum atomic E-state index is -0.179. The number of benzene rings is 1. The van der Waals surface area contributed by atoms with Crippen LogP contribution in [0.2, 0.25) is 4.34 Å². The quantitative estimate of drug-likeness (QED) is 0.643. The van der Waals surface area contributed by atoms with Gasteiger partial charge in [0.15, 0.2) is 0 Å². The van der Waals surface area contributed by atoms with Crippen LogP contribution in [0.4, 0.5) is 0 Å². The molecule has 1 aliphatic heterocycles. The molecule has 2 fully saturated rings. The number of thiophene rings is 1. The number of amides is 2. The van der Waals surface area contributed by atoms with Crippen molar-refractivity contribution >= 4 is 34.8 Å². The van der Waals surface area contributed by atoms with E-state index in [-0.39, 0.29) is 17.9 Å². The van der Waals surface area contributed by atoms with Crippen LogP contribution in [0.1, 0.15) is 58.2 Å². The van der Waals surface area contributed by atoms with Gasteiger partial charge in [-0.05, 0) is 75.5 Å². The van der Waals surface area contributed by atoms with Gasteiger partial charge in [-0.25, -0.2) is 0 Å². The van der Waals surface area contributed by atoms with Crippen molar-refractivity contribution in [3.8, 4) is 0 Å². The fourth-order valence-corrected chi connectivity index (χ4v) is 5.12.